The maximum Gasteiger partial charge on any atom is 0.128 e. The van der Waals surface area contributed by atoms with Crippen LogP contribution >= 0.6 is 27.3 Å². The Balaban J connectivity index is 2.55. The van der Waals surface area contributed by atoms with Gasteiger partial charge in [-0.25, -0.2) is 4.39 Å². The minimum atomic E-state index is -0.815. The molecule has 2 rings (SSSR count). The van der Waals surface area contributed by atoms with Crippen molar-refractivity contribution in [1.29, 1.82) is 0 Å². The van der Waals surface area contributed by atoms with Crippen molar-refractivity contribution in [3.05, 3.63) is 56.4 Å². The van der Waals surface area contributed by atoms with Gasteiger partial charge in [-0.15, -0.1) is 0 Å². The molecule has 2 aromatic rings. The molecule has 0 fully saturated rings. The Morgan fingerprint density at radius 2 is 1.94 bits per heavy atom. The third kappa shape index (κ3) is 1.93. The highest BCUT2D eigenvalue weighted by atomic mass is 79.9. The summed E-state index contributed by atoms with van der Waals surface area (Å²) in [5.74, 6) is -0.273. The van der Waals surface area contributed by atoms with E-state index >= 15 is 0 Å². The molecule has 1 atom stereocenters. The van der Waals surface area contributed by atoms with Crippen molar-refractivity contribution in [2.24, 2.45) is 5.73 Å². The maximum atomic E-state index is 13.7. The fourth-order valence-corrected chi connectivity index (χ4v) is 3.50. The lowest BCUT2D eigenvalue weighted by Crippen LogP contribution is -2.35. The Labute approximate surface area is 106 Å². The van der Waals surface area contributed by atoms with Crippen molar-refractivity contribution >= 4 is 27.3 Å². The summed E-state index contributed by atoms with van der Waals surface area (Å²) in [5.41, 5.74) is 6.84. The standard InChI is InChI=1S/C12H11BrFNS/c1-12(15,9-6-16-7-10(9)13)8-4-2-3-5-11(8)14/h2-7H,15H2,1H3. The van der Waals surface area contributed by atoms with E-state index in [1.54, 1.807) is 29.5 Å². The normalized spacial score (nSPS) is 14.8. The topological polar surface area (TPSA) is 26.0 Å². The van der Waals surface area contributed by atoms with Crippen LogP contribution in [0.2, 0.25) is 0 Å². The van der Waals surface area contributed by atoms with Gasteiger partial charge in [0.15, 0.2) is 0 Å². The van der Waals surface area contributed by atoms with Crippen molar-refractivity contribution in [1.82, 2.24) is 0 Å². The van der Waals surface area contributed by atoms with Crippen LogP contribution < -0.4 is 5.73 Å². The van der Waals surface area contributed by atoms with E-state index in [0.29, 0.717) is 5.56 Å². The number of thiophene rings is 1. The fourth-order valence-electron chi connectivity index (χ4n) is 1.68. The molecule has 16 heavy (non-hydrogen) atoms. The SMILES string of the molecule is CC(N)(c1ccccc1F)c1cscc1Br. The van der Waals surface area contributed by atoms with Crippen LogP contribution in [-0.4, -0.2) is 0 Å². The summed E-state index contributed by atoms with van der Waals surface area (Å²) >= 11 is 4.98. The summed E-state index contributed by atoms with van der Waals surface area (Å²) in [6.07, 6.45) is 0. The maximum absolute atomic E-state index is 13.7. The van der Waals surface area contributed by atoms with E-state index in [4.69, 9.17) is 5.73 Å². The van der Waals surface area contributed by atoms with E-state index in [0.717, 1.165) is 10.0 Å². The molecule has 0 aliphatic heterocycles. The molecule has 0 aliphatic rings. The lowest BCUT2D eigenvalue weighted by Gasteiger charge is -2.25. The summed E-state index contributed by atoms with van der Waals surface area (Å²) < 4.78 is 14.6. The largest absolute Gasteiger partial charge is 0.318 e. The molecule has 0 spiro atoms. The van der Waals surface area contributed by atoms with Crippen LogP contribution in [-0.2, 0) is 5.54 Å². The monoisotopic (exact) mass is 299 g/mol. The van der Waals surface area contributed by atoms with E-state index in [-0.39, 0.29) is 5.82 Å². The van der Waals surface area contributed by atoms with Gasteiger partial charge in [0, 0.05) is 21.0 Å². The minimum absolute atomic E-state index is 0.273. The van der Waals surface area contributed by atoms with E-state index in [1.807, 2.05) is 17.7 Å². The fraction of sp³-hybridized carbons (Fsp3) is 0.167. The zero-order valence-corrected chi connectivity index (χ0v) is 11.1. The van der Waals surface area contributed by atoms with E-state index < -0.39 is 5.54 Å². The Kier molecular flexibility index (Phi) is 3.15. The predicted molar refractivity (Wildman–Crippen MR) is 69.1 cm³/mol. The summed E-state index contributed by atoms with van der Waals surface area (Å²) in [7, 11) is 0. The first-order valence-electron chi connectivity index (χ1n) is 4.79. The Morgan fingerprint density at radius 1 is 1.25 bits per heavy atom. The third-order valence-corrected chi connectivity index (χ3v) is 4.31. The van der Waals surface area contributed by atoms with Crippen LogP contribution in [0.4, 0.5) is 4.39 Å². The van der Waals surface area contributed by atoms with Crippen molar-refractivity contribution in [2.75, 3.05) is 0 Å². The molecule has 0 aliphatic carbocycles. The molecule has 0 amide bonds. The highest BCUT2D eigenvalue weighted by molar-refractivity contribution is 9.10. The van der Waals surface area contributed by atoms with Gasteiger partial charge < -0.3 is 5.73 Å². The van der Waals surface area contributed by atoms with Crippen LogP contribution in [0, 0.1) is 5.82 Å². The van der Waals surface area contributed by atoms with Gasteiger partial charge in [-0.2, -0.15) is 11.3 Å². The van der Waals surface area contributed by atoms with Gasteiger partial charge in [0.25, 0.3) is 0 Å². The zero-order chi connectivity index (χ0) is 11.8. The summed E-state index contributed by atoms with van der Waals surface area (Å²) in [4.78, 5) is 0. The molecule has 0 saturated heterocycles. The Hall–Kier alpha value is -0.710. The number of hydrogen-bond acceptors (Lipinski definition) is 2. The molecular formula is C12H11BrFNS. The van der Waals surface area contributed by atoms with Crippen LogP contribution in [0.1, 0.15) is 18.1 Å². The van der Waals surface area contributed by atoms with E-state index in [2.05, 4.69) is 15.9 Å². The van der Waals surface area contributed by atoms with Gasteiger partial charge in [-0.3, -0.25) is 0 Å². The van der Waals surface area contributed by atoms with Gasteiger partial charge >= 0.3 is 0 Å². The third-order valence-electron chi connectivity index (χ3n) is 2.61. The minimum Gasteiger partial charge on any atom is -0.318 e. The van der Waals surface area contributed by atoms with Crippen LogP contribution in [0.5, 0.6) is 0 Å². The van der Waals surface area contributed by atoms with Gasteiger partial charge in [-0.05, 0) is 34.3 Å². The summed E-state index contributed by atoms with van der Waals surface area (Å²) in [5, 5.41) is 3.89. The van der Waals surface area contributed by atoms with Crippen molar-refractivity contribution in [3.8, 4) is 0 Å². The van der Waals surface area contributed by atoms with Crippen LogP contribution in [0.25, 0.3) is 0 Å². The van der Waals surface area contributed by atoms with Gasteiger partial charge in [0.2, 0.25) is 0 Å². The smallest absolute Gasteiger partial charge is 0.128 e. The van der Waals surface area contributed by atoms with Crippen molar-refractivity contribution in [3.63, 3.8) is 0 Å². The molecule has 1 aromatic heterocycles. The molecule has 0 radical (unpaired) electrons. The zero-order valence-electron chi connectivity index (χ0n) is 8.71. The van der Waals surface area contributed by atoms with Gasteiger partial charge in [0.05, 0.1) is 5.54 Å². The average Bonchev–Trinajstić information content (AvgIpc) is 2.65. The molecule has 2 N–H and O–H groups in total. The number of nitrogens with two attached hydrogens (primary N) is 1. The molecule has 1 aromatic carbocycles. The summed E-state index contributed by atoms with van der Waals surface area (Å²) in [6.45, 7) is 1.82. The first kappa shape index (κ1) is 11.8. The Morgan fingerprint density at radius 3 is 2.50 bits per heavy atom. The molecule has 1 unspecified atom stereocenters. The number of rotatable bonds is 2. The predicted octanol–water partition coefficient (Wildman–Crippen LogP) is 3.87. The molecule has 0 saturated carbocycles. The van der Waals surface area contributed by atoms with Crippen LogP contribution in [0.15, 0.2) is 39.5 Å². The first-order valence-corrected chi connectivity index (χ1v) is 6.53. The van der Waals surface area contributed by atoms with E-state index in [1.165, 1.54) is 6.07 Å². The quantitative estimate of drug-likeness (QED) is 0.895. The van der Waals surface area contributed by atoms with E-state index in [9.17, 15) is 4.39 Å². The lowest BCUT2D eigenvalue weighted by molar-refractivity contribution is 0.530. The highest BCUT2D eigenvalue weighted by Gasteiger charge is 2.29. The second-order valence-electron chi connectivity index (χ2n) is 3.82. The van der Waals surface area contributed by atoms with Gasteiger partial charge in [0.1, 0.15) is 5.82 Å². The first-order chi connectivity index (χ1) is 7.53. The lowest BCUT2D eigenvalue weighted by atomic mass is 9.87. The number of hydrogen-bond donors (Lipinski definition) is 1. The average molecular weight is 300 g/mol. The molecule has 0 bridgehead atoms. The highest BCUT2D eigenvalue weighted by Crippen LogP contribution is 2.35. The van der Waals surface area contributed by atoms with Gasteiger partial charge in [-0.1, -0.05) is 18.2 Å². The molecule has 84 valence electrons. The van der Waals surface area contributed by atoms with Crippen molar-refractivity contribution < 1.29 is 4.39 Å². The second kappa shape index (κ2) is 4.28. The molecule has 1 nitrogen and oxygen atoms in total. The number of benzene rings is 1. The number of halogens is 2. The van der Waals surface area contributed by atoms with Crippen molar-refractivity contribution in [2.45, 2.75) is 12.5 Å². The van der Waals surface area contributed by atoms with Crippen LogP contribution in [0.3, 0.4) is 0 Å². The second-order valence-corrected chi connectivity index (χ2v) is 5.41. The summed E-state index contributed by atoms with van der Waals surface area (Å²) in [6, 6.07) is 6.61. The molecular weight excluding hydrogens is 289 g/mol. The molecule has 4 heteroatoms. The Bertz CT molecular complexity index is 507. The molecule has 1 heterocycles.